The van der Waals surface area contributed by atoms with Crippen LogP contribution in [0.15, 0.2) is 30.3 Å². The Labute approximate surface area is 103 Å². The van der Waals surface area contributed by atoms with Crippen LogP contribution in [0.5, 0.6) is 5.75 Å². The predicted molar refractivity (Wildman–Crippen MR) is 67.2 cm³/mol. The lowest BCUT2D eigenvalue weighted by atomic mass is 9.99. The van der Waals surface area contributed by atoms with Crippen LogP contribution in [0.25, 0.3) is 0 Å². The summed E-state index contributed by atoms with van der Waals surface area (Å²) in [6, 6.07) is 10.2. The topological polar surface area (TPSA) is 21.3 Å². The van der Waals surface area contributed by atoms with Crippen molar-refractivity contribution >= 4 is 12.4 Å². The van der Waals surface area contributed by atoms with Gasteiger partial charge in [-0.15, -0.1) is 12.4 Å². The molecule has 1 aromatic carbocycles. The van der Waals surface area contributed by atoms with Gasteiger partial charge >= 0.3 is 0 Å². The van der Waals surface area contributed by atoms with Crippen LogP contribution in [0.2, 0.25) is 0 Å². The Morgan fingerprint density at radius 2 is 1.88 bits per heavy atom. The molecule has 0 bridgehead atoms. The Morgan fingerprint density at radius 1 is 1.06 bits per heavy atom. The average molecular weight is 240 g/mol. The first kappa shape index (κ1) is 11.7. The molecule has 0 radical (unpaired) electrons. The second kappa shape index (κ2) is 5.07. The number of nitrogens with one attached hydrogen (secondary N) is 1. The van der Waals surface area contributed by atoms with Crippen molar-refractivity contribution in [3.63, 3.8) is 0 Å². The lowest BCUT2D eigenvalue weighted by Gasteiger charge is -2.19. The third-order valence-electron chi connectivity index (χ3n) is 3.72. The van der Waals surface area contributed by atoms with Gasteiger partial charge in [-0.2, -0.15) is 0 Å². The van der Waals surface area contributed by atoms with Crippen LogP contribution in [0.1, 0.15) is 12.8 Å². The Bertz CT molecular complexity index is 330. The fraction of sp³-hybridized carbons (Fsp3) is 0.538. The Kier molecular flexibility index (Phi) is 3.72. The summed E-state index contributed by atoms with van der Waals surface area (Å²) in [6.07, 6.45) is 2.99. The van der Waals surface area contributed by atoms with Crippen LogP contribution in [0.3, 0.4) is 0 Å². The third kappa shape index (κ3) is 2.18. The fourth-order valence-electron chi connectivity index (χ4n) is 2.92. The summed E-state index contributed by atoms with van der Waals surface area (Å²) in [5, 5.41) is 3.46. The molecular formula is C13H18ClNO. The quantitative estimate of drug-likeness (QED) is 0.856. The first-order valence-electron chi connectivity index (χ1n) is 5.86. The first-order chi connectivity index (χ1) is 7.43. The number of rotatable bonds is 2. The first-order valence-corrected chi connectivity index (χ1v) is 5.86. The summed E-state index contributed by atoms with van der Waals surface area (Å²) in [4.78, 5) is 0. The summed E-state index contributed by atoms with van der Waals surface area (Å²) >= 11 is 0. The van der Waals surface area contributed by atoms with E-state index in [0.29, 0.717) is 6.10 Å². The molecule has 1 aliphatic heterocycles. The van der Waals surface area contributed by atoms with Crippen LogP contribution in [-0.4, -0.2) is 19.2 Å². The highest BCUT2D eigenvalue weighted by Gasteiger charge is 2.40. The van der Waals surface area contributed by atoms with Crippen molar-refractivity contribution in [2.75, 3.05) is 13.1 Å². The van der Waals surface area contributed by atoms with Crippen molar-refractivity contribution in [2.24, 2.45) is 11.8 Å². The smallest absolute Gasteiger partial charge is 0.119 e. The number of halogens is 1. The van der Waals surface area contributed by atoms with Gasteiger partial charge in [0.25, 0.3) is 0 Å². The summed E-state index contributed by atoms with van der Waals surface area (Å²) < 4.78 is 6.05. The molecule has 16 heavy (non-hydrogen) atoms. The molecule has 3 heteroatoms. The second-order valence-corrected chi connectivity index (χ2v) is 4.63. The SMILES string of the molecule is Cl.c1ccc(O[C@H]2CCC3CNCC32)cc1. The van der Waals surface area contributed by atoms with E-state index in [-0.39, 0.29) is 12.4 Å². The third-order valence-corrected chi connectivity index (χ3v) is 3.72. The molecule has 1 heterocycles. The zero-order valence-electron chi connectivity index (χ0n) is 9.26. The molecule has 2 nitrogen and oxygen atoms in total. The molecule has 1 aromatic rings. The van der Waals surface area contributed by atoms with Gasteiger partial charge in [0.05, 0.1) is 0 Å². The Balaban J connectivity index is 0.000000963. The van der Waals surface area contributed by atoms with Crippen molar-refractivity contribution in [3.8, 4) is 5.75 Å². The number of para-hydroxylation sites is 1. The number of fused-ring (bicyclic) bond motifs is 1. The van der Waals surface area contributed by atoms with Gasteiger partial charge in [-0.05, 0) is 37.4 Å². The monoisotopic (exact) mass is 239 g/mol. The summed E-state index contributed by atoms with van der Waals surface area (Å²) in [6.45, 7) is 2.33. The van der Waals surface area contributed by atoms with Gasteiger partial charge in [0, 0.05) is 12.5 Å². The minimum Gasteiger partial charge on any atom is -0.490 e. The molecule has 2 aliphatic rings. The molecule has 0 spiro atoms. The zero-order valence-corrected chi connectivity index (χ0v) is 10.1. The maximum atomic E-state index is 6.05. The Hall–Kier alpha value is -0.730. The highest BCUT2D eigenvalue weighted by atomic mass is 35.5. The predicted octanol–water partition coefficient (Wildman–Crippen LogP) is 2.49. The highest BCUT2D eigenvalue weighted by Crippen LogP contribution is 2.36. The fourth-order valence-corrected chi connectivity index (χ4v) is 2.92. The summed E-state index contributed by atoms with van der Waals surface area (Å²) in [5.74, 6) is 2.62. The van der Waals surface area contributed by atoms with Crippen molar-refractivity contribution < 1.29 is 4.74 Å². The maximum Gasteiger partial charge on any atom is 0.119 e. The lowest BCUT2D eigenvalue weighted by molar-refractivity contribution is 0.158. The van der Waals surface area contributed by atoms with E-state index in [9.17, 15) is 0 Å². The van der Waals surface area contributed by atoms with E-state index >= 15 is 0 Å². The molecule has 0 aromatic heterocycles. The van der Waals surface area contributed by atoms with Gasteiger partial charge in [-0.3, -0.25) is 0 Å². The van der Waals surface area contributed by atoms with Gasteiger partial charge in [0.2, 0.25) is 0 Å². The second-order valence-electron chi connectivity index (χ2n) is 4.63. The minimum atomic E-state index is 0. The van der Waals surface area contributed by atoms with Gasteiger partial charge < -0.3 is 10.1 Å². The van der Waals surface area contributed by atoms with E-state index in [4.69, 9.17) is 4.74 Å². The van der Waals surface area contributed by atoms with Gasteiger partial charge in [-0.25, -0.2) is 0 Å². The largest absolute Gasteiger partial charge is 0.490 e. The van der Waals surface area contributed by atoms with Gasteiger partial charge in [0.1, 0.15) is 11.9 Å². The molecule has 1 saturated heterocycles. The van der Waals surface area contributed by atoms with Crippen molar-refractivity contribution in [2.45, 2.75) is 18.9 Å². The van der Waals surface area contributed by atoms with E-state index in [1.807, 2.05) is 18.2 Å². The van der Waals surface area contributed by atoms with Crippen molar-refractivity contribution in [3.05, 3.63) is 30.3 Å². The van der Waals surface area contributed by atoms with E-state index in [2.05, 4.69) is 17.4 Å². The normalized spacial score (nSPS) is 31.9. The molecule has 1 aliphatic carbocycles. The van der Waals surface area contributed by atoms with Crippen molar-refractivity contribution in [1.29, 1.82) is 0 Å². The molecule has 3 rings (SSSR count). The zero-order chi connectivity index (χ0) is 10.1. The maximum absolute atomic E-state index is 6.05. The van der Waals surface area contributed by atoms with Gasteiger partial charge in [-0.1, -0.05) is 18.2 Å². The van der Waals surface area contributed by atoms with Crippen LogP contribution < -0.4 is 10.1 Å². The summed E-state index contributed by atoms with van der Waals surface area (Å²) in [7, 11) is 0. The minimum absolute atomic E-state index is 0. The molecule has 1 saturated carbocycles. The standard InChI is InChI=1S/C13H17NO.ClH/c1-2-4-11(5-3-1)15-13-7-6-10-8-14-9-12(10)13;/h1-5,10,12-14H,6-9H2;1H/t10?,12?,13-;/m0./s1. The molecule has 88 valence electrons. The molecular weight excluding hydrogens is 222 g/mol. The van der Waals surface area contributed by atoms with Crippen LogP contribution in [0.4, 0.5) is 0 Å². The van der Waals surface area contributed by atoms with Crippen LogP contribution >= 0.6 is 12.4 Å². The van der Waals surface area contributed by atoms with E-state index in [1.165, 1.54) is 19.4 Å². The lowest BCUT2D eigenvalue weighted by Crippen LogP contribution is -2.26. The highest BCUT2D eigenvalue weighted by molar-refractivity contribution is 5.85. The number of ether oxygens (including phenoxy) is 1. The molecule has 2 fully saturated rings. The summed E-state index contributed by atoms with van der Waals surface area (Å²) in [5.41, 5.74) is 0. The molecule has 2 unspecified atom stereocenters. The average Bonchev–Trinajstić information content (AvgIpc) is 2.85. The van der Waals surface area contributed by atoms with Crippen LogP contribution in [0, 0.1) is 11.8 Å². The van der Waals surface area contributed by atoms with Crippen LogP contribution in [-0.2, 0) is 0 Å². The Morgan fingerprint density at radius 3 is 2.69 bits per heavy atom. The molecule has 3 atom stereocenters. The van der Waals surface area contributed by atoms with Gasteiger partial charge in [0.15, 0.2) is 0 Å². The number of hydrogen-bond donors (Lipinski definition) is 1. The van der Waals surface area contributed by atoms with E-state index in [0.717, 1.165) is 24.1 Å². The van der Waals surface area contributed by atoms with Crippen molar-refractivity contribution in [1.82, 2.24) is 5.32 Å². The molecule has 1 N–H and O–H groups in total. The molecule has 0 amide bonds. The number of hydrogen-bond acceptors (Lipinski definition) is 2. The van der Waals surface area contributed by atoms with E-state index < -0.39 is 0 Å². The number of benzene rings is 1. The van der Waals surface area contributed by atoms with E-state index in [1.54, 1.807) is 0 Å².